The highest BCUT2D eigenvalue weighted by molar-refractivity contribution is 9.09. The topological polar surface area (TPSA) is 22.1 Å². The van der Waals surface area contributed by atoms with Crippen LogP contribution in [0.5, 0.6) is 5.75 Å². The Morgan fingerprint density at radius 2 is 2.06 bits per heavy atom. The van der Waals surface area contributed by atoms with Gasteiger partial charge in [0, 0.05) is 10.2 Å². The third-order valence-electron chi connectivity index (χ3n) is 2.91. The molecular weight excluding hydrogens is 266 g/mol. The zero-order valence-corrected chi connectivity index (χ0v) is 10.4. The van der Waals surface area contributed by atoms with Gasteiger partial charge in [-0.15, -0.1) is 0 Å². The quantitative estimate of drug-likeness (QED) is 0.784. The van der Waals surface area contributed by atoms with E-state index in [1.807, 2.05) is 24.4 Å². The van der Waals surface area contributed by atoms with E-state index in [1.165, 1.54) is 0 Å². The standard InChI is InChI=1S/C13H12BrNO/c14-10-6-11(7-10)16-12-5-9-3-1-2-4-13(9)15-8-12/h1-5,8,10-11H,6-7H2. The van der Waals surface area contributed by atoms with Crippen molar-refractivity contribution in [1.29, 1.82) is 0 Å². The van der Waals surface area contributed by atoms with Crippen LogP contribution < -0.4 is 4.74 Å². The summed E-state index contributed by atoms with van der Waals surface area (Å²) in [6, 6.07) is 10.1. The lowest BCUT2D eigenvalue weighted by Crippen LogP contribution is -2.33. The molecule has 0 atom stereocenters. The predicted octanol–water partition coefficient (Wildman–Crippen LogP) is 3.54. The van der Waals surface area contributed by atoms with Crippen LogP contribution >= 0.6 is 15.9 Å². The van der Waals surface area contributed by atoms with Gasteiger partial charge in [-0.2, -0.15) is 0 Å². The van der Waals surface area contributed by atoms with E-state index < -0.39 is 0 Å². The Balaban J connectivity index is 1.82. The average Bonchev–Trinajstić information content (AvgIpc) is 2.27. The molecule has 1 heterocycles. The SMILES string of the molecule is BrC1CC(Oc2cnc3ccccc3c2)C1. The first kappa shape index (κ1) is 10.1. The van der Waals surface area contributed by atoms with E-state index in [2.05, 4.69) is 33.0 Å². The van der Waals surface area contributed by atoms with Crippen molar-refractivity contribution in [2.45, 2.75) is 23.8 Å². The highest BCUT2D eigenvalue weighted by Crippen LogP contribution is 2.31. The molecule has 1 aromatic heterocycles. The largest absolute Gasteiger partial charge is 0.489 e. The molecule has 0 bridgehead atoms. The summed E-state index contributed by atoms with van der Waals surface area (Å²) in [6.45, 7) is 0. The first-order valence-corrected chi connectivity index (χ1v) is 6.38. The van der Waals surface area contributed by atoms with Crippen LogP contribution in [0.2, 0.25) is 0 Å². The lowest BCUT2D eigenvalue weighted by Gasteiger charge is -2.31. The first-order chi connectivity index (χ1) is 7.81. The number of aromatic nitrogens is 1. The summed E-state index contributed by atoms with van der Waals surface area (Å²) in [5.41, 5.74) is 1.02. The Kier molecular flexibility index (Phi) is 2.56. The van der Waals surface area contributed by atoms with Gasteiger partial charge in [0.2, 0.25) is 0 Å². The summed E-state index contributed by atoms with van der Waals surface area (Å²) >= 11 is 3.56. The zero-order chi connectivity index (χ0) is 11.0. The summed E-state index contributed by atoms with van der Waals surface area (Å²) in [7, 11) is 0. The normalized spacial score (nSPS) is 24.1. The smallest absolute Gasteiger partial charge is 0.138 e. The van der Waals surface area contributed by atoms with Crippen molar-refractivity contribution < 1.29 is 4.74 Å². The number of ether oxygens (including phenoxy) is 1. The van der Waals surface area contributed by atoms with E-state index in [0.29, 0.717) is 10.9 Å². The molecule has 1 fully saturated rings. The number of hydrogen-bond acceptors (Lipinski definition) is 2. The molecule has 1 aliphatic carbocycles. The number of nitrogens with zero attached hydrogens (tertiary/aromatic N) is 1. The van der Waals surface area contributed by atoms with Gasteiger partial charge < -0.3 is 4.74 Å². The Labute approximate surface area is 103 Å². The summed E-state index contributed by atoms with van der Waals surface area (Å²) in [5.74, 6) is 0.878. The molecule has 1 saturated carbocycles. The molecule has 1 aromatic carbocycles. The maximum Gasteiger partial charge on any atom is 0.138 e. The molecule has 0 N–H and O–H groups in total. The van der Waals surface area contributed by atoms with E-state index in [0.717, 1.165) is 29.5 Å². The highest BCUT2D eigenvalue weighted by atomic mass is 79.9. The van der Waals surface area contributed by atoms with Gasteiger partial charge in [0.25, 0.3) is 0 Å². The van der Waals surface area contributed by atoms with Crippen LogP contribution in [0.15, 0.2) is 36.5 Å². The summed E-state index contributed by atoms with van der Waals surface area (Å²) in [5, 5.41) is 1.13. The molecule has 0 spiro atoms. The molecule has 1 aliphatic rings. The van der Waals surface area contributed by atoms with E-state index in [4.69, 9.17) is 4.74 Å². The van der Waals surface area contributed by atoms with Crippen LogP contribution in [0.3, 0.4) is 0 Å². The van der Waals surface area contributed by atoms with Crippen molar-refractivity contribution >= 4 is 26.8 Å². The van der Waals surface area contributed by atoms with Gasteiger partial charge >= 0.3 is 0 Å². The van der Waals surface area contributed by atoms with Gasteiger partial charge in [-0.1, -0.05) is 34.1 Å². The van der Waals surface area contributed by atoms with Crippen LogP contribution in [-0.2, 0) is 0 Å². The number of hydrogen-bond donors (Lipinski definition) is 0. The van der Waals surface area contributed by atoms with Crippen molar-refractivity contribution in [3.05, 3.63) is 36.5 Å². The minimum atomic E-state index is 0.354. The molecule has 0 aliphatic heterocycles. The van der Waals surface area contributed by atoms with Crippen LogP contribution in [-0.4, -0.2) is 15.9 Å². The molecule has 16 heavy (non-hydrogen) atoms. The van der Waals surface area contributed by atoms with E-state index >= 15 is 0 Å². The lowest BCUT2D eigenvalue weighted by atomic mass is 9.96. The minimum Gasteiger partial charge on any atom is -0.489 e. The third kappa shape index (κ3) is 1.92. The van der Waals surface area contributed by atoms with Gasteiger partial charge in [-0.3, -0.25) is 4.98 Å². The lowest BCUT2D eigenvalue weighted by molar-refractivity contribution is 0.128. The van der Waals surface area contributed by atoms with Gasteiger partial charge in [-0.05, 0) is 25.0 Å². The van der Waals surface area contributed by atoms with Crippen molar-refractivity contribution in [2.24, 2.45) is 0 Å². The Morgan fingerprint density at radius 3 is 2.88 bits per heavy atom. The number of pyridine rings is 1. The second-order valence-electron chi connectivity index (χ2n) is 4.17. The van der Waals surface area contributed by atoms with Crippen molar-refractivity contribution in [1.82, 2.24) is 4.98 Å². The van der Waals surface area contributed by atoms with E-state index in [1.54, 1.807) is 0 Å². The Hall–Kier alpha value is -1.09. The van der Waals surface area contributed by atoms with Crippen LogP contribution in [0.1, 0.15) is 12.8 Å². The summed E-state index contributed by atoms with van der Waals surface area (Å²) in [6.07, 6.45) is 4.34. The van der Waals surface area contributed by atoms with E-state index in [-0.39, 0.29) is 0 Å². The summed E-state index contributed by atoms with van der Waals surface area (Å²) < 4.78 is 5.84. The Morgan fingerprint density at radius 1 is 1.25 bits per heavy atom. The number of fused-ring (bicyclic) bond motifs is 1. The monoisotopic (exact) mass is 277 g/mol. The van der Waals surface area contributed by atoms with Gasteiger partial charge in [-0.25, -0.2) is 0 Å². The van der Waals surface area contributed by atoms with Crippen molar-refractivity contribution in [3.63, 3.8) is 0 Å². The molecule has 2 aromatic rings. The fourth-order valence-electron chi connectivity index (χ4n) is 1.91. The second kappa shape index (κ2) is 4.06. The number of halogens is 1. The predicted molar refractivity (Wildman–Crippen MR) is 68.1 cm³/mol. The average molecular weight is 278 g/mol. The molecule has 0 amide bonds. The second-order valence-corrected chi connectivity index (χ2v) is 5.47. The minimum absolute atomic E-state index is 0.354. The molecule has 0 radical (unpaired) electrons. The van der Waals surface area contributed by atoms with Crippen molar-refractivity contribution in [3.8, 4) is 5.75 Å². The third-order valence-corrected chi connectivity index (χ3v) is 3.65. The first-order valence-electron chi connectivity index (χ1n) is 5.47. The molecule has 3 rings (SSSR count). The molecule has 0 unspecified atom stereocenters. The molecule has 3 heteroatoms. The maximum absolute atomic E-state index is 5.84. The molecule has 82 valence electrons. The fourth-order valence-corrected chi connectivity index (χ4v) is 2.74. The van der Waals surface area contributed by atoms with Crippen LogP contribution in [0, 0.1) is 0 Å². The number of para-hydroxylation sites is 1. The highest BCUT2D eigenvalue weighted by Gasteiger charge is 2.28. The molecule has 0 saturated heterocycles. The fraction of sp³-hybridized carbons (Fsp3) is 0.308. The maximum atomic E-state index is 5.84. The molecular formula is C13H12BrNO. The van der Waals surface area contributed by atoms with Gasteiger partial charge in [0.15, 0.2) is 0 Å². The number of rotatable bonds is 2. The zero-order valence-electron chi connectivity index (χ0n) is 8.77. The summed E-state index contributed by atoms with van der Waals surface area (Å²) in [4.78, 5) is 5.01. The van der Waals surface area contributed by atoms with E-state index in [9.17, 15) is 0 Å². The van der Waals surface area contributed by atoms with Crippen LogP contribution in [0.25, 0.3) is 10.9 Å². The number of benzene rings is 1. The van der Waals surface area contributed by atoms with Crippen LogP contribution in [0.4, 0.5) is 0 Å². The van der Waals surface area contributed by atoms with Crippen molar-refractivity contribution in [2.75, 3.05) is 0 Å². The van der Waals surface area contributed by atoms with Gasteiger partial charge in [0.1, 0.15) is 11.9 Å². The van der Waals surface area contributed by atoms with Gasteiger partial charge in [0.05, 0.1) is 11.7 Å². The number of alkyl halides is 1. The Bertz CT molecular complexity index is 508. The molecule has 2 nitrogen and oxygen atoms in total.